The van der Waals surface area contributed by atoms with Crippen LogP contribution in [0.2, 0.25) is 0 Å². The molecule has 23 heavy (non-hydrogen) atoms. The molecule has 1 aromatic carbocycles. The molecule has 6 heteroatoms. The fraction of sp³-hybridized carbons (Fsp3) is 0.588. The van der Waals surface area contributed by atoms with E-state index in [2.05, 4.69) is 5.32 Å². The lowest BCUT2D eigenvalue weighted by atomic mass is 10.1. The minimum atomic E-state index is -0.446. The number of hydrogen-bond acceptors (Lipinski definition) is 4. The minimum absolute atomic E-state index is 0. The molecule has 0 aliphatic heterocycles. The lowest BCUT2D eigenvalue weighted by Gasteiger charge is -2.24. The molecular formula is C17H29ClN2O3. The molecule has 0 atom stereocenters. The van der Waals surface area contributed by atoms with Crippen LogP contribution in [0.15, 0.2) is 18.2 Å². The zero-order valence-electron chi connectivity index (χ0n) is 14.5. The molecule has 0 aliphatic carbocycles. The number of carbonyl (C=O) groups is 1. The summed E-state index contributed by atoms with van der Waals surface area (Å²) in [5.74, 6) is 1.11. The smallest absolute Gasteiger partial charge is 0.251 e. The number of amides is 1. The third-order valence-corrected chi connectivity index (χ3v) is 3.09. The number of benzene rings is 1. The molecule has 1 rings (SSSR count). The summed E-state index contributed by atoms with van der Waals surface area (Å²) < 4.78 is 11.4. The van der Waals surface area contributed by atoms with Gasteiger partial charge in [0.15, 0.2) is 11.5 Å². The average molecular weight is 345 g/mol. The predicted octanol–water partition coefficient (Wildman–Crippen LogP) is 3.15. The highest BCUT2D eigenvalue weighted by Crippen LogP contribution is 2.29. The topological polar surface area (TPSA) is 73.6 Å². The van der Waals surface area contributed by atoms with E-state index in [1.54, 1.807) is 18.2 Å². The van der Waals surface area contributed by atoms with Crippen LogP contribution in [0.4, 0.5) is 0 Å². The van der Waals surface area contributed by atoms with E-state index < -0.39 is 5.54 Å². The van der Waals surface area contributed by atoms with Gasteiger partial charge in [0.25, 0.3) is 5.91 Å². The van der Waals surface area contributed by atoms with Crippen molar-refractivity contribution in [3.63, 3.8) is 0 Å². The number of halogens is 1. The molecular weight excluding hydrogens is 316 g/mol. The molecule has 1 amide bonds. The second-order valence-corrected chi connectivity index (χ2v) is 5.90. The third-order valence-electron chi connectivity index (χ3n) is 3.09. The van der Waals surface area contributed by atoms with Crippen molar-refractivity contribution in [1.29, 1.82) is 0 Å². The van der Waals surface area contributed by atoms with Gasteiger partial charge >= 0.3 is 0 Å². The fourth-order valence-electron chi connectivity index (χ4n) is 1.74. The lowest BCUT2D eigenvalue weighted by molar-refractivity contribution is 0.0915. The van der Waals surface area contributed by atoms with Gasteiger partial charge in [0.2, 0.25) is 0 Å². The zero-order chi connectivity index (χ0) is 16.6. The highest BCUT2D eigenvalue weighted by molar-refractivity contribution is 5.95. The van der Waals surface area contributed by atoms with Gasteiger partial charge < -0.3 is 20.5 Å². The van der Waals surface area contributed by atoms with E-state index in [4.69, 9.17) is 15.2 Å². The van der Waals surface area contributed by atoms with Gasteiger partial charge in [0, 0.05) is 17.6 Å². The van der Waals surface area contributed by atoms with Gasteiger partial charge in [-0.25, -0.2) is 0 Å². The van der Waals surface area contributed by atoms with Crippen molar-refractivity contribution >= 4 is 18.3 Å². The maximum absolute atomic E-state index is 12.3. The summed E-state index contributed by atoms with van der Waals surface area (Å²) in [6.45, 7) is 9.43. The molecule has 0 aliphatic rings. The summed E-state index contributed by atoms with van der Waals surface area (Å²) in [6.07, 6.45) is 1.81. The SMILES string of the molecule is CCCOc1ccc(C(=O)NC(C)(C)CN)cc1OCCC.Cl. The summed E-state index contributed by atoms with van der Waals surface area (Å²) >= 11 is 0. The second kappa shape index (κ2) is 10.3. The van der Waals surface area contributed by atoms with Crippen LogP contribution in [0.1, 0.15) is 50.9 Å². The van der Waals surface area contributed by atoms with Crippen LogP contribution < -0.4 is 20.5 Å². The van der Waals surface area contributed by atoms with Gasteiger partial charge in [-0.3, -0.25) is 4.79 Å². The first-order valence-corrected chi connectivity index (χ1v) is 7.85. The largest absolute Gasteiger partial charge is 0.490 e. The van der Waals surface area contributed by atoms with E-state index >= 15 is 0 Å². The van der Waals surface area contributed by atoms with Crippen molar-refractivity contribution in [1.82, 2.24) is 5.32 Å². The summed E-state index contributed by atoms with van der Waals surface area (Å²) in [7, 11) is 0. The molecule has 0 saturated carbocycles. The van der Waals surface area contributed by atoms with Gasteiger partial charge in [-0.2, -0.15) is 0 Å². The summed E-state index contributed by atoms with van der Waals surface area (Å²) in [5.41, 5.74) is 5.74. The van der Waals surface area contributed by atoms with E-state index in [1.807, 2.05) is 27.7 Å². The molecule has 0 radical (unpaired) electrons. The highest BCUT2D eigenvalue weighted by Gasteiger charge is 2.20. The Bertz CT molecular complexity index is 493. The Morgan fingerprint density at radius 3 is 2.22 bits per heavy atom. The minimum Gasteiger partial charge on any atom is -0.490 e. The Labute approximate surface area is 145 Å². The first-order valence-electron chi connectivity index (χ1n) is 7.85. The van der Waals surface area contributed by atoms with Crippen molar-refractivity contribution < 1.29 is 14.3 Å². The highest BCUT2D eigenvalue weighted by atomic mass is 35.5. The standard InChI is InChI=1S/C17H28N2O3.ClH/c1-5-9-21-14-8-7-13(11-15(14)22-10-6-2)16(20)19-17(3,4)12-18;/h7-8,11H,5-6,9-10,12,18H2,1-4H3,(H,19,20);1H. The predicted molar refractivity (Wildman–Crippen MR) is 95.9 cm³/mol. The summed E-state index contributed by atoms with van der Waals surface area (Å²) in [4.78, 5) is 12.3. The van der Waals surface area contributed by atoms with E-state index in [0.717, 1.165) is 12.8 Å². The molecule has 0 spiro atoms. The van der Waals surface area contributed by atoms with Crippen LogP contribution in [0.5, 0.6) is 11.5 Å². The monoisotopic (exact) mass is 344 g/mol. The van der Waals surface area contributed by atoms with Crippen LogP contribution in [0.25, 0.3) is 0 Å². The molecule has 0 fully saturated rings. The van der Waals surface area contributed by atoms with Crippen molar-refractivity contribution in [2.75, 3.05) is 19.8 Å². The van der Waals surface area contributed by atoms with Crippen LogP contribution in [0, 0.1) is 0 Å². The summed E-state index contributed by atoms with van der Waals surface area (Å²) in [5, 5.41) is 2.91. The van der Waals surface area contributed by atoms with Gasteiger partial charge in [0.05, 0.1) is 13.2 Å². The van der Waals surface area contributed by atoms with Crippen LogP contribution in [0.3, 0.4) is 0 Å². The first-order chi connectivity index (χ1) is 10.4. The number of nitrogens with two attached hydrogens (primary N) is 1. The maximum Gasteiger partial charge on any atom is 0.251 e. The van der Waals surface area contributed by atoms with Crippen LogP contribution >= 0.6 is 12.4 Å². The number of hydrogen-bond donors (Lipinski definition) is 2. The average Bonchev–Trinajstić information content (AvgIpc) is 2.50. The molecule has 3 N–H and O–H groups in total. The fourth-order valence-corrected chi connectivity index (χ4v) is 1.74. The quantitative estimate of drug-likeness (QED) is 0.721. The van der Waals surface area contributed by atoms with E-state index in [0.29, 0.717) is 36.8 Å². The van der Waals surface area contributed by atoms with Crippen molar-refractivity contribution in [2.45, 2.75) is 46.1 Å². The second-order valence-electron chi connectivity index (χ2n) is 5.90. The molecule has 0 unspecified atom stereocenters. The third kappa shape index (κ3) is 7.10. The molecule has 132 valence electrons. The normalized spacial score (nSPS) is 10.7. The van der Waals surface area contributed by atoms with Gasteiger partial charge in [-0.1, -0.05) is 13.8 Å². The Morgan fingerprint density at radius 2 is 1.70 bits per heavy atom. The Morgan fingerprint density at radius 1 is 1.13 bits per heavy atom. The molecule has 0 saturated heterocycles. The molecule has 5 nitrogen and oxygen atoms in total. The van der Waals surface area contributed by atoms with Gasteiger partial charge in [-0.05, 0) is 44.9 Å². The van der Waals surface area contributed by atoms with E-state index in [-0.39, 0.29) is 18.3 Å². The lowest BCUT2D eigenvalue weighted by Crippen LogP contribution is -2.48. The number of rotatable bonds is 9. The van der Waals surface area contributed by atoms with E-state index in [1.165, 1.54) is 0 Å². The van der Waals surface area contributed by atoms with E-state index in [9.17, 15) is 4.79 Å². The molecule has 0 heterocycles. The van der Waals surface area contributed by atoms with Gasteiger partial charge in [-0.15, -0.1) is 12.4 Å². The van der Waals surface area contributed by atoms with Crippen LogP contribution in [-0.2, 0) is 0 Å². The van der Waals surface area contributed by atoms with Crippen molar-refractivity contribution in [3.8, 4) is 11.5 Å². The number of nitrogens with one attached hydrogen (secondary N) is 1. The summed E-state index contributed by atoms with van der Waals surface area (Å²) in [6, 6.07) is 5.25. The number of ether oxygens (including phenoxy) is 2. The molecule has 1 aromatic rings. The zero-order valence-corrected chi connectivity index (χ0v) is 15.3. The number of carbonyl (C=O) groups excluding carboxylic acids is 1. The van der Waals surface area contributed by atoms with Gasteiger partial charge in [0.1, 0.15) is 0 Å². The molecule has 0 bridgehead atoms. The first kappa shape index (κ1) is 21.5. The van der Waals surface area contributed by atoms with Crippen molar-refractivity contribution in [2.24, 2.45) is 5.73 Å². The Hall–Kier alpha value is -1.46. The van der Waals surface area contributed by atoms with Crippen LogP contribution in [-0.4, -0.2) is 31.2 Å². The maximum atomic E-state index is 12.3. The van der Waals surface area contributed by atoms with Crippen molar-refractivity contribution in [3.05, 3.63) is 23.8 Å². The Balaban J connectivity index is 0.00000484. The Kier molecular flexibility index (Phi) is 9.68. The molecule has 0 aromatic heterocycles.